The van der Waals surface area contributed by atoms with Gasteiger partial charge < -0.3 is 15.5 Å². The van der Waals surface area contributed by atoms with Gasteiger partial charge in [0.1, 0.15) is 5.82 Å². The van der Waals surface area contributed by atoms with E-state index in [0.717, 1.165) is 40.6 Å². The Labute approximate surface area is 167 Å². The zero-order valence-electron chi connectivity index (χ0n) is 15.5. The SMILES string of the molecule is Cc1cc(F)ccc1CCNC(=O)Nc1cccc2c1CN(c1nccs1)C2. The number of carbonyl (C=O) groups excluding carboxylic acids is 1. The summed E-state index contributed by atoms with van der Waals surface area (Å²) < 4.78 is 13.2. The topological polar surface area (TPSA) is 57.3 Å². The maximum atomic E-state index is 13.2. The van der Waals surface area contributed by atoms with Gasteiger partial charge in [0.2, 0.25) is 0 Å². The minimum Gasteiger partial charge on any atom is -0.339 e. The van der Waals surface area contributed by atoms with E-state index in [1.165, 1.54) is 17.7 Å². The van der Waals surface area contributed by atoms with Gasteiger partial charge in [0.25, 0.3) is 0 Å². The zero-order valence-corrected chi connectivity index (χ0v) is 16.4. The van der Waals surface area contributed by atoms with Crippen LogP contribution >= 0.6 is 11.3 Å². The first-order valence-electron chi connectivity index (χ1n) is 9.15. The van der Waals surface area contributed by atoms with Crippen molar-refractivity contribution in [1.82, 2.24) is 10.3 Å². The number of amides is 2. The molecule has 28 heavy (non-hydrogen) atoms. The Bertz CT molecular complexity index is 990. The molecule has 0 radical (unpaired) electrons. The Morgan fingerprint density at radius 1 is 1.29 bits per heavy atom. The summed E-state index contributed by atoms with van der Waals surface area (Å²) in [5.74, 6) is -0.239. The van der Waals surface area contributed by atoms with Gasteiger partial charge >= 0.3 is 6.03 Å². The molecule has 1 aromatic heterocycles. The van der Waals surface area contributed by atoms with E-state index in [2.05, 4.69) is 26.6 Å². The molecule has 0 spiro atoms. The molecular weight excluding hydrogens is 375 g/mol. The van der Waals surface area contributed by atoms with Crippen LogP contribution in [0.2, 0.25) is 0 Å². The molecule has 0 saturated heterocycles. The van der Waals surface area contributed by atoms with E-state index < -0.39 is 0 Å². The smallest absolute Gasteiger partial charge is 0.319 e. The number of fused-ring (bicyclic) bond motifs is 1. The summed E-state index contributed by atoms with van der Waals surface area (Å²) in [4.78, 5) is 18.9. The first-order chi connectivity index (χ1) is 13.6. The number of nitrogens with zero attached hydrogens (tertiary/aromatic N) is 2. The van der Waals surface area contributed by atoms with Crippen LogP contribution in [0.25, 0.3) is 0 Å². The third-order valence-electron chi connectivity index (χ3n) is 4.91. The van der Waals surface area contributed by atoms with Crippen molar-refractivity contribution in [3.05, 3.63) is 76.0 Å². The standard InChI is InChI=1S/C21H21FN4OS/c1-14-11-17(22)6-5-15(14)7-8-23-20(27)25-19-4-2-3-16-12-26(13-18(16)19)21-24-9-10-28-21/h2-6,9-11H,7-8,12-13H2,1H3,(H2,23,25,27). The number of benzene rings is 2. The van der Waals surface area contributed by atoms with E-state index in [-0.39, 0.29) is 11.8 Å². The van der Waals surface area contributed by atoms with Crippen LogP contribution in [0.3, 0.4) is 0 Å². The number of aryl methyl sites for hydroxylation is 1. The van der Waals surface area contributed by atoms with E-state index in [0.29, 0.717) is 13.0 Å². The fourth-order valence-corrected chi connectivity index (χ4v) is 4.11. The Morgan fingerprint density at radius 3 is 2.96 bits per heavy atom. The molecule has 0 bridgehead atoms. The molecule has 2 heterocycles. The van der Waals surface area contributed by atoms with E-state index in [4.69, 9.17) is 0 Å². The number of hydrogen-bond donors (Lipinski definition) is 2. The molecule has 2 N–H and O–H groups in total. The van der Waals surface area contributed by atoms with Gasteiger partial charge in [-0.1, -0.05) is 18.2 Å². The second kappa shape index (κ2) is 7.98. The lowest BCUT2D eigenvalue weighted by molar-refractivity contribution is 0.252. The lowest BCUT2D eigenvalue weighted by atomic mass is 10.1. The number of halogens is 1. The molecule has 1 aliphatic rings. The summed E-state index contributed by atoms with van der Waals surface area (Å²) in [6.07, 6.45) is 2.46. The maximum absolute atomic E-state index is 13.2. The highest BCUT2D eigenvalue weighted by molar-refractivity contribution is 7.13. The summed E-state index contributed by atoms with van der Waals surface area (Å²) in [6.45, 7) is 3.89. The molecule has 2 aromatic carbocycles. The van der Waals surface area contributed by atoms with Crippen LogP contribution in [0.5, 0.6) is 0 Å². The van der Waals surface area contributed by atoms with Gasteiger partial charge in [-0.15, -0.1) is 11.3 Å². The fraction of sp³-hybridized carbons (Fsp3) is 0.238. The van der Waals surface area contributed by atoms with Crippen LogP contribution in [0, 0.1) is 12.7 Å². The second-order valence-electron chi connectivity index (χ2n) is 6.82. The minimum absolute atomic E-state index is 0.235. The number of aromatic nitrogens is 1. The predicted molar refractivity (Wildman–Crippen MR) is 110 cm³/mol. The number of nitrogens with one attached hydrogen (secondary N) is 2. The van der Waals surface area contributed by atoms with Gasteiger partial charge in [0.15, 0.2) is 5.13 Å². The van der Waals surface area contributed by atoms with Gasteiger partial charge in [0.05, 0.1) is 0 Å². The van der Waals surface area contributed by atoms with Crippen LogP contribution in [-0.4, -0.2) is 17.6 Å². The fourth-order valence-electron chi connectivity index (χ4n) is 3.46. The number of carbonyl (C=O) groups is 1. The second-order valence-corrected chi connectivity index (χ2v) is 7.69. The zero-order chi connectivity index (χ0) is 19.5. The molecule has 3 aromatic rings. The van der Waals surface area contributed by atoms with Crippen LogP contribution < -0.4 is 15.5 Å². The Kier molecular flexibility index (Phi) is 5.25. The van der Waals surface area contributed by atoms with Crippen molar-refractivity contribution in [2.24, 2.45) is 0 Å². The van der Waals surface area contributed by atoms with Gasteiger partial charge in [-0.25, -0.2) is 14.2 Å². The van der Waals surface area contributed by atoms with Crippen molar-refractivity contribution in [2.75, 3.05) is 16.8 Å². The average Bonchev–Trinajstić information content (AvgIpc) is 3.33. The van der Waals surface area contributed by atoms with Crippen molar-refractivity contribution < 1.29 is 9.18 Å². The molecular formula is C21H21FN4OS. The number of urea groups is 1. The first-order valence-corrected chi connectivity index (χ1v) is 10.0. The van der Waals surface area contributed by atoms with Crippen molar-refractivity contribution in [3.8, 4) is 0 Å². The third kappa shape index (κ3) is 3.99. The molecule has 2 amide bonds. The summed E-state index contributed by atoms with van der Waals surface area (Å²) in [7, 11) is 0. The quantitative estimate of drug-likeness (QED) is 0.669. The van der Waals surface area contributed by atoms with Crippen LogP contribution in [0.1, 0.15) is 22.3 Å². The van der Waals surface area contributed by atoms with Gasteiger partial charge in [-0.3, -0.25) is 0 Å². The van der Waals surface area contributed by atoms with Crippen LogP contribution in [0.15, 0.2) is 48.0 Å². The number of thiazole rings is 1. The summed E-state index contributed by atoms with van der Waals surface area (Å²) in [5.41, 5.74) is 5.08. The molecule has 0 unspecified atom stereocenters. The molecule has 144 valence electrons. The number of rotatable bonds is 5. The van der Waals surface area contributed by atoms with E-state index in [1.54, 1.807) is 23.6 Å². The average molecular weight is 396 g/mol. The Hall–Kier alpha value is -2.93. The molecule has 0 aliphatic carbocycles. The molecule has 4 rings (SSSR count). The highest BCUT2D eigenvalue weighted by Gasteiger charge is 2.23. The number of hydrogen-bond acceptors (Lipinski definition) is 4. The highest BCUT2D eigenvalue weighted by Crippen LogP contribution is 2.33. The summed E-state index contributed by atoms with van der Waals surface area (Å²) >= 11 is 1.61. The van der Waals surface area contributed by atoms with Crippen molar-refractivity contribution in [2.45, 2.75) is 26.4 Å². The maximum Gasteiger partial charge on any atom is 0.319 e. The van der Waals surface area contributed by atoms with E-state index in [9.17, 15) is 9.18 Å². The van der Waals surface area contributed by atoms with Crippen molar-refractivity contribution >= 4 is 28.2 Å². The number of anilines is 2. The van der Waals surface area contributed by atoms with Gasteiger partial charge in [-0.05, 0) is 48.2 Å². The Balaban J connectivity index is 1.35. The van der Waals surface area contributed by atoms with Gasteiger partial charge in [-0.2, -0.15) is 0 Å². The summed E-state index contributed by atoms with van der Waals surface area (Å²) in [6, 6.07) is 10.5. The summed E-state index contributed by atoms with van der Waals surface area (Å²) in [5, 5.41) is 8.80. The lowest BCUT2D eigenvalue weighted by Gasteiger charge is -2.14. The molecule has 0 saturated carbocycles. The van der Waals surface area contributed by atoms with Crippen LogP contribution in [0.4, 0.5) is 20.0 Å². The van der Waals surface area contributed by atoms with E-state index in [1.807, 2.05) is 24.4 Å². The van der Waals surface area contributed by atoms with Crippen molar-refractivity contribution in [1.29, 1.82) is 0 Å². The largest absolute Gasteiger partial charge is 0.339 e. The molecule has 5 nitrogen and oxygen atoms in total. The highest BCUT2D eigenvalue weighted by atomic mass is 32.1. The van der Waals surface area contributed by atoms with Gasteiger partial charge in [0, 0.05) is 42.5 Å². The molecule has 1 aliphatic heterocycles. The molecule has 0 fully saturated rings. The Morgan fingerprint density at radius 2 is 2.18 bits per heavy atom. The monoisotopic (exact) mass is 396 g/mol. The lowest BCUT2D eigenvalue weighted by Crippen LogP contribution is -2.31. The normalized spacial score (nSPS) is 12.7. The van der Waals surface area contributed by atoms with E-state index >= 15 is 0 Å². The minimum atomic E-state index is -0.239. The molecule has 0 atom stereocenters. The third-order valence-corrected chi connectivity index (χ3v) is 5.74. The van der Waals surface area contributed by atoms with Crippen molar-refractivity contribution in [3.63, 3.8) is 0 Å². The van der Waals surface area contributed by atoms with Crippen LogP contribution in [-0.2, 0) is 19.5 Å². The first kappa shape index (κ1) is 18.4. The molecule has 7 heteroatoms. The predicted octanol–water partition coefficient (Wildman–Crippen LogP) is 4.48.